The van der Waals surface area contributed by atoms with Gasteiger partial charge in [0.2, 0.25) is 0 Å². The lowest BCUT2D eigenvalue weighted by Crippen LogP contribution is -2.25. The van der Waals surface area contributed by atoms with Crippen LogP contribution in [0.1, 0.15) is 44.4 Å². The number of aliphatic hydroxyl groups excluding tert-OH is 1. The first-order chi connectivity index (χ1) is 8.41. The lowest BCUT2D eigenvalue weighted by molar-refractivity contribution is 0.115. The molecule has 2 unspecified atom stereocenters. The van der Waals surface area contributed by atoms with Gasteiger partial charge in [0.15, 0.2) is 0 Å². The van der Waals surface area contributed by atoms with Crippen LogP contribution in [0.3, 0.4) is 0 Å². The molecule has 2 nitrogen and oxygen atoms in total. The summed E-state index contributed by atoms with van der Waals surface area (Å²) in [6.07, 6.45) is 0.440. The van der Waals surface area contributed by atoms with Crippen molar-refractivity contribution >= 4 is 0 Å². The van der Waals surface area contributed by atoms with E-state index in [1.165, 1.54) is 0 Å². The lowest BCUT2D eigenvalue weighted by atomic mass is 10.0. The van der Waals surface area contributed by atoms with Crippen molar-refractivity contribution in [1.29, 1.82) is 0 Å². The normalized spacial score (nSPS) is 14.8. The van der Waals surface area contributed by atoms with Crippen LogP contribution >= 0.6 is 0 Å². The van der Waals surface area contributed by atoms with Crippen LogP contribution in [0.4, 0.5) is 4.39 Å². The molecule has 0 bridgehead atoms. The van der Waals surface area contributed by atoms with Crippen LogP contribution in [-0.2, 0) is 0 Å². The van der Waals surface area contributed by atoms with Crippen LogP contribution in [0, 0.1) is 18.7 Å². The number of aryl methyl sites for hydroxylation is 1. The predicted molar refractivity (Wildman–Crippen MR) is 73.0 cm³/mol. The first kappa shape index (κ1) is 15.1. The molecule has 18 heavy (non-hydrogen) atoms. The van der Waals surface area contributed by atoms with Gasteiger partial charge < -0.3 is 10.4 Å². The van der Waals surface area contributed by atoms with Crippen molar-refractivity contribution in [2.45, 2.75) is 46.3 Å². The lowest BCUT2D eigenvalue weighted by Gasteiger charge is -2.18. The molecule has 0 amide bonds. The van der Waals surface area contributed by atoms with Crippen molar-refractivity contribution in [2.75, 3.05) is 6.54 Å². The number of rotatable bonds is 6. The Balaban J connectivity index is 2.45. The minimum Gasteiger partial charge on any atom is -0.393 e. The van der Waals surface area contributed by atoms with Gasteiger partial charge in [-0.25, -0.2) is 4.39 Å². The van der Waals surface area contributed by atoms with Gasteiger partial charge in [-0.2, -0.15) is 0 Å². The summed E-state index contributed by atoms with van der Waals surface area (Å²) in [6.45, 7) is 8.50. The van der Waals surface area contributed by atoms with E-state index in [0.717, 1.165) is 18.5 Å². The summed E-state index contributed by atoms with van der Waals surface area (Å²) < 4.78 is 13.4. The maximum Gasteiger partial charge on any atom is 0.126 e. The van der Waals surface area contributed by atoms with Gasteiger partial charge in [-0.05, 0) is 49.9 Å². The number of nitrogens with one attached hydrogen (secondary N) is 1. The molecule has 0 aliphatic rings. The summed E-state index contributed by atoms with van der Waals surface area (Å²) >= 11 is 0. The average Bonchev–Trinajstić information content (AvgIpc) is 2.32. The number of benzene rings is 1. The molecule has 0 aliphatic carbocycles. The highest BCUT2D eigenvalue weighted by atomic mass is 19.1. The zero-order chi connectivity index (χ0) is 13.7. The maximum absolute atomic E-state index is 13.4. The van der Waals surface area contributed by atoms with Gasteiger partial charge >= 0.3 is 0 Å². The van der Waals surface area contributed by atoms with E-state index in [0.29, 0.717) is 5.56 Å². The fourth-order valence-electron chi connectivity index (χ4n) is 1.78. The van der Waals surface area contributed by atoms with E-state index in [4.69, 9.17) is 0 Å². The van der Waals surface area contributed by atoms with Gasteiger partial charge in [-0.1, -0.05) is 26.0 Å². The topological polar surface area (TPSA) is 32.3 Å². The second-order valence-corrected chi connectivity index (χ2v) is 5.28. The third kappa shape index (κ3) is 4.39. The van der Waals surface area contributed by atoms with Crippen molar-refractivity contribution in [1.82, 2.24) is 5.32 Å². The smallest absolute Gasteiger partial charge is 0.126 e. The van der Waals surface area contributed by atoms with Crippen molar-refractivity contribution in [2.24, 2.45) is 5.92 Å². The second-order valence-electron chi connectivity index (χ2n) is 5.28. The Hall–Kier alpha value is -0.930. The molecule has 0 radical (unpaired) electrons. The molecule has 2 N–H and O–H groups in total. The Morgan fingerprint density at radius 2 is 1.94 bits per heavy atom. The van der Waals surface area contributed by atoms with Crippen molar-refractivity contribution in [3.63, 3.8) is 0 Å². The Kier molecular flexibility index (Phi) is 5.76. The number of hydrogen-bond acceptors (Lipinski definition) is 2. The van der Waals surface area contributed by atoms with E-state index < -0.39 is 0 Å². The summed E-state index contributed by atoms with van der Waals surface area (Å²) in [6, 6.07) is 5.41. The Morgan fingerprint density at radius 1 is 1.28 bits per heavy atom. The molecule has 102 valence electrons. The molecule has 1 rings (SSSR count). The van der Waals surface area contributed by atoms with Crippen molar-refractivity contribution < 1.29 is 9.50 Å². The largest absolute Gasteiger partial charge is 0.393 e. The minimum atomic E-state index is -0.278. The molecule has 3 heteroatoms. The molecule has 0 saturated heterocycles. The molecule has 0 saturated carbocycles. The van der Waals surface area contributed by atoms with E-state index in [1.807, 2.05) is 26.8 Å². The standard InChI is InChI=1S/C15H24FNO/c1-10(2)15(18)7-8-17-12(4)13-6-5-11(3)14(16)9-13/h5-6,9-10,12,15,17-18H,7-8H2,1-4H3. The van der Waals surface area contributed by atoms with E-state index >= 15 is 0 Å². The molecule has 0 spiro atoms. The Morgan fingerprint density at radius 3 is 2.50 bits per heavy atom. The molecule has 1 aromatic carbocycles. The second kappa shape index (κ2) is 6.86. The number of halogens is 1. The molecular formula is C15H24FNO. The van der Waals surface area contributed by atoms with Crippen LogP contribution in [0.25, 0.3) is 0 Å². The van der Waals surface area contributed by atoms with Crippen molar-refractivity contribution in [3.8, 4) is 0 Å². The zero-order valence-electron chi connectivity index (χ0n) is 11.7. The average molecular weight is 253 g/mol. The third-order valence-corrected chi connectivity index (χ3v) is 3.36. The van der Waals surface area contributed by atoms with E-state index in [2.05, 4.69) is 5.32 Å². The van der Waals surface area contributed by atoms with E-state index in [9.17, 15) is 9.50 Å². The fourth-order valence-corrected chi connectivity index (χ4v) is 1.78. The molecule has 0 aromatic heterocycles. The summed E-state index contributed by atoms with van der Waals surface area (Å²) in [7, 11) is 0. The quantitative estimate of drug-likeness (QED) is 0.816. The predicted octanol–water partition coefficient (Wildman–Crippen LogP) is 3.19. The van der Waals surface area contributed by atoms with Crippen LogP contribution in [0.15, 0.2) is 18.2 Å². The highest BCUT2D eigenvalue weighted by Gasteiger charge is 2.11. The first-order valence-electron chi connectivity index (χ1n) is 6.59. The summed E-state index contributed by atoms with van der Waals surface area (Å²) in [5, 5.41) is 13.0. The monoisotopic (exact) mass is 253 g/mol. The SMILES string of the molecule is Cc1ccc(C(C)NCCC(O)C(C)C)cc1F. The Bertz CT molecular complexity index is 379. The highest BCUT2D eigenvalue weighted by molar-refractivity contribution is 5.25. The van der Waals surface area contributed by atoms with Crippen LogP contribution in [0.5, 0.6) is 0 Å². The molecule has 2 atom stereocenters. The zero-order valence-corrected chi connectivity index (χ0v) is 11.7. The van der Waals surface area contributed by atoms with Crippen LogP contribution < -0.4 is 5.32 Å². The summed E-state index contributed by atoms with van der Waals surface area (Å²) in [4.78, 5) is 0. The summed E-state index contributed by atoms with van der Waals surface area (Å²) in [5.74, 6) is 0.113. The van der Waals surface area contributed by atoms with E-state index in [-0.39, 0.29) is 23.9 Å². The molecular weight excluding hydrogens is 229 g/mol. The van der Waals surface area contributed by atoms with Gasteiger partial charge in [-0.15, -0.1) is 0 Å². The number of aliphatic hydroxyl groups is 1. The van der Waals surface area contributed by atoms with Gasteiger partial charge in [0, 0.05) is 6.04 Å². The molecule has 0 aliphatic heterocycles. The minimum absolute atomic E-state index is 0.0967. The molecule has 0 fully saturated rings. The van der Waals surface area contributed by atoms with E-state index in [1.54, 1.807) is 19.1 Å². The highest BCUT2D eigenvalue weighted by Crippen LogP contribution is 2.16. The van der Waals surface area contributed by atoms with Gasteiger partial charge in [0.05, 0.1) is 6.10 Å². The number of hydrogen-bond donors (Lipinski definition) is 2. The van der Waals surface area contributed by atoms with Crippen molar-refractivity contribution in [3.05, 3.63) is 35.1 Å². The van der Waals surface area contributed by atoms with Crippen LogP contribution in [-0.4, -0.2) is 17.8 Å². The van der Waals surface area contributed by atoms with Gasteiger partial charge in [0.1, 0.15) is 5.82 Å². The third-order valence-electron chi connectivity index (χ3n) is 3.36. The molecule has 0 heterocycles. The fraction of sp³-hybridized carbons (Fsp3) is 0.600. The Labute approximate surface area is 109 Å². The maximum atomic E-state index is 13.4. The molecule has 1 aromatic rings. The first-order valence-corrected chi connectivity index (χ1v) is 6.59. The summed E-state index contributed by atoms with van der Waals surface area (Å²) in [5.41, 5.74) is 1.61. The van der Waals surface area contributed by atoms with Gasteiger partial charge in [0.25, 0.3) is 0 Å². The van der Waals surface area contributed by atoms with Gasteiger partial charge in [-0.3, -0.25) is 0 Å². The van der Waals surface area contributed by atoms with Crippen LogP contribution in [0.2, 0.25) is 0 Å².